The second-order valence-electron chi connectivity index (χ2n) is 1.03. The minimum absolute atomic E-state index is 0.0417. The second-order valence-corrected chi connectivity index (χ2v) is 1.23. The van der Waals surface area contributed by atoms with Gasteiger partial charge in [-0.2, -0.15) is 0 Å². The first-order chi connectivity index (χ1) is 4.18. The Morgan fingerprint density at radius 3 is 2.33 bits per heavy atom. The lowest BCUT2D eigenvalue weighted by Gasteiger charge is -1.84. The molecule has 0 heterocycles. The average Bonchev–Trinajstić information content (AvgIpc) is 1.67. The molecule has 0 unspecified atom stereocenters. The SMILES string of the molecule is CNCC(=O)O.N=C=S. The Balaban J connectivity index is 0. The van der Waals surface area contributed by atoms with Crippen molar-refractivity contribution >= 4 is 23.3 Å². The van der Waals surface area contributed by atoms with Gasteiger partial charge >= 0.3 is 5.97 Å². The molecule has 0 saturated heterocycles. The number of thiocarbonyl (C=S) groups is 1. The standard InChI is InChI=1S/C3H7NO2.CHNS/c1-4-2-3(5)6;2-1-3/h4H,2H2,1H3,(H,5,6);2H. The van der Waals surface area contributed by atoms with E-state index >= 15 is 0 Å². The molecule has 0 spiro atoms. The molecule has 0 aromatic heterocycles. The zero-order chi connectivity index (χ0) is 7.70. The molecule has 5 heteroatoms. The Morgan fingerprint density at radius 1 is 2.00 bits per heavy atom. The number of nitrogens with one attached hydrogen (secondary N) is 2. The molecule has 9 heavy (non-hydrogen) atoms. The van der Waals surface area contributed by atoms with Gasteiger partial charge in [-0.1, -0.05) is 0 Å². The van der Waals surface area contributed by atoms with Crippen molar-refractivity contribution in [2.75, 3.05) is 13.6 Å². The van der Waals surface area contributed by atoms with Gasteiger partial charge in [-0.25, -0.2) is 5.41 Å². The van der Waals surface area contributed by atoms with Gasteiger partial charge in [-0.15, -0.1) is 0 Å². The molecule has 0 saturated carbocycles. The number of carboxylic acids is 1. The van der Waals surface area contributed by atoms with Crippen LogP contribution in [0, 0.1) is 5.41 Å². The first kappa shape index (κ1) is 11.1. The Bertz CT molecular complexity index is 109. The van der Waals surface area contributed by atoms with Gasteiger partial charge in [0.25, 0.3) is 0 Å². The average molecular weight is 148 g/mol. The second kappa shape index (κ2) is 10.3. The minimum Gasteiger partial charge on any atom is -0.480 e. The minimum atomic E-state index is -0.822. The molecule has 4 nitrogen and oxygen atoms in total. The fraction of sp³-hybridized carbons (Fsp3) is 0.500. The van der Waals surface area contributed by atoms with E-state index in [2.05, 4.69) is 17.5 Å². The van der Waals surface area contributed by atoms with Gasteiger partial charge in [0.1, 0.15) is 0 Å². The van der Waals surface area contributed by atoms with Crippen LogP contribution >= 0.6 is 12.2 Å². The smallest absolute Gasteiger partial charge is 0.317 e. The monoisotopic (exact) mass is 148 g/mol. The highest BCUT2D eigenvalue weighted by molar-refractivity contribution is 7.78. The van der Waals surface area contributed by atoms with Crippen molar-refractivity contribution in [3.05, 3.63) is 0 Å². The number of carboxylic acid groups (broad SMARTS) is 1. The lowest BCUT2D eigenvalue weighted by Crippen LogP contribution is -2.16. The maximum atomic E-state index is 9.54. The predicted molar refractivity (Wildman–Crippen MR) is 36.9 cm³/mol. The van der Waals surface area contributed by atoms with Crippen LogP contribution in [0.4, 0.5) is 0 Å². The Hall–Kier alpha value is -0.770. The molecular formula is C4H8N2O2S. The highest BCUT2D eigenvalue weighted by Crippen LogP contribution is 1.50. The van der Waals surface area contributed by atoms with Crippen LogP contribution in [-0.4, -0.2) is 29.8 Å². The lowest BCUT2D eigenvalue weighted by atomic mass is 10.7. The summed E-state index contributed by atoms with van der Waals surface area (Å²) < 4.78 is 0. The number of aliphatic carboxylic acids is 1. The van der Waals surface area contributed by atoms with E-state index < -0.39 is 5.97 Å². The summed E-state index contributed by atoms with van der Waals surface area (Å²) in [5, 5.41) is 17.7. The highest BCUT2D eigenvalue weighted by Gasteiger charge is 1.86. The van der Waals surface area contributed by atoms with Gasteiger partial charge < -0.3 is 10.4 Å². The zero-order valence-corrected chi connectivity index (χ0v) is 5.79. The molecule has 0 aromatic carbocycles. The molecule has 0 bridgehead atoms. The Labute approximate surface area is 58.4 Å². The van der Waals surface area contributed by atoms with Gasteiger partial charge in [0.15, 0.2) is 0 Å². The summed E-state index contributed by atoms with van der Waals surface area (Å²) in [5.74, 6) is -0.822. The fourth-order valence-electron chi connectivity index (χ4n) is 0.151. The molecular weight excluding hydrogens is 140 g/mol. The van der Waals surface area contributed by atoms with Gasteiger partial charge in [-0.05, 0) is 19.3 Å². The van der Waals surface area contributed by atoms with E-state index in [0.717, 1.165) is 0 Å². The number of isothiocyanates is 1. The van der Waals surface area contributed by atoms with Crippen LogP contribution in [0.5, 0.6) is 0 Å². The third kappa shape index (κ3) is 39.8. The van der Waals surface area contributed by atoms with Crippen molar-refractivity contribution in [3.8, 4) is 0 Å². The molecule has 0 aromatic rings. The van der Waals surface area contributed by atoms with Crippen LogP contribution in [0.15, 0.2) is 0 Å². The van der Waals surface area contributed by atoms with E-state index in [4.69, 9.17) is 10.5 Å². The van der Waals surface area contributed by atoms with Gasteiger partial charge in [0, 0.05) is 0 Å². The van der Waals surface area contributed by atoms with Crippen LogP contribution in [0.2, 0.25) is 0 Å². The molecule has 0 aliphatic carbocycles. The summed E-state index contributed by atoms with van der Waals surface area (Å²) in [6, 6.07) is 0. The maximum Gasteiger partial charge on any atom is 0.317 e. The number of likely N-dealkylation sites (N-methyl/N-ethyl adjacent to an activating group) is 1. The van der Waals surface area contributed by atoms with E-state index in [1.165, 1.54) is 0 Å². The third-order valence-electron chi connectivity index (χ3n) is 0.328. The first-order valence-electron chi connectivity index (χ1n) is 2.09. The number of rotatable bonds is 2. The van der Waals surface area contributed by atoms with E-state index in [-0.39, 0.29) is 6.54 Å². The predicted octanol–water partition coefficient (Wildman–Crippen LogP) is -0.0416. The van der Waals surface area contributed by atoms with Crippen LogP contribution in [0.25, 0.3) is 0 Å². The van der Waals surface area contributed by atoms with Crippen molar-refractivity contribution in [2.24, 2.45) is 0 Å². The van der Waals surface area contributed by atoms with Crippen molar-refractivity contribution < 1.29 is 9.90 Å². The van der Waals surface area contributed by atoms with E-state index in [1.807, 2.05) is 0 Å². The van der Waals surface area contributed by atoms with Crippen LogP contribution < -0.4 is 5.32 Å². The third-order valence-corrected chi connectivity index (χ3v) is 0.328. The van der Waals surface area contributed by atoms with Gasteiger partial charge in [0.05, 0.1) is 11.7 Å². The van der Waals surface area contributed by atoms with Crippen LogP contribution in [0.3, 0.4) is 0 Å². The normalized spacial score (nSPS) is 6.33. The van der Waals surface area contributed by atoms with Crippen molar-refractivity contribution in [3.63, 3.8) is 0 Å². The maximum absolute atomic E-state index is 9.54. The number of carbonyl (C=O) groups is 1. The summed E-state index contributed by atoms with van der Waals surface area (Å²) in [5.41, 5.74) is 0. The van der Waals surface area contributed by atoms with Gasteiger partial charge in [-0.3, -0.25) is 4.79 Å². The van der Waals surface area contributed by atoms with Crippen LogP contribution in [0.1, 0.15) is 0 Å². The highest BCUT2D eigenvalue weighted by atomic mass is 32.1. The molecule has 52 valence electrons. The molecule has 0 rings (SSSR count). The van der Waals surface area contributed by atoms with E-state index in [1.54, 1.807) is 12.2 Å². The molecule has 3 N–H and O–H groups in total. The van der Waals surface area contributed by atoms with Crippen molar-refractivity contribution in [1.29, 1.82) is 5.41 Å². The Kier molecular flexibility index (Phi) is 12.6. The topological polar surface area (TPSA) is 73.2 Å². The van der Waals surface area contributed by atoms with Crippen LogP contribution in [-0.2, 0) is 4.79 Å². The fourth-order valence-corrected chi connectivity index (χ4v) is 0.151. The first-order valence-corrected chi connectivity index (χ1v) is 2.50. The zero-order valence-electron chi connectivity index (χ0n) is 4.97. The number of hydrogen-bond acceptors (Lipinski definition) is 4. The summed E-state index contributed by atoms with van der Waals surface area (Å²) in [6.45, 7) is 0.0417. The van der Waals surface area contributed by atoms with Crippen molar-refractivity contribution in [2.45, 2.75) is 0 Å². The molecule has 0 atom stereocenters. The summed E-state index contributed by atoms with van der Waals surface area (Å²) in [6.07, 6.45) is 0. The summed E-state index contributed by atoms with van der Waals surface area (Å²) >= 11 is 3.81. The molecule has 0 fully saturated rings. The van der Waals surface area contributed by atoms with E-state index in [9.17, 15) is 4.79 Å². The molecule has 0 radical (unpaired) electrons. The summed E-state index contributed by atoms with van der Waals surface area (Å²) in [4.78, 5) is 9.54. The molecule has 0 aliphatic rings. The van der Waals surface area contributed by atoms with Gasteiger partial charge in [0.2, 0.25) is 0 Å². The molecule has 0 aliphatic heterocycles. The summed E-state index contributed by atoms with van der Waals surface area (Å²) in [7, 11) is 1.59. The lowest BCUT2D eigenvalue weighted by molar-refractivity contribution is -0.135. The largest absolute Gasteiger partial charge is 0.480 e. The van der Waals surface area contributed by atoms with E-state index in [0.29, 0.717) is 0 Å². The quantitative estimate of drug-likeness (QED) is 0.379. The van der Waals surface area contributed by atoms with Crippen molar-refractivity contribution in [1.82, 2.24) is 5.32 Å². The number of hydrogen-bond donors (Lipinski definition) is 3. The Morgan fingerprint density at radius 2 is 2.33 bits per heavy atom. The molecule has 0 amide bonds.